The molecule has 1 heterocycles. The van der Waals surface area contributed by atoms with E-state index in [0.717, 1.165) is 16.9 Å². The maximum Gasteiger partial charge on any atom is 0.214 e. The van der Waals surface area contributed by atoms with Crippen LogP contribution in [0.1, 0.15) is 26.1 Å². The van der Waals surface area contributed by atoms with Crippen molar-refractivity contribution >= 4 is 21.1 Å². The Morgan fingerprint density at radius 3 is 2.57 bits per heavy atom. The van der Waals surface area contributed by atoms with Crippen LogP contribution in [0.4, 0.5) is 0 Å². The van der Waals surface area contributed by atoms with Gasteiger partial charge in [0.15, 0.2) is 0 Å². The number of aromatic nitrogens is 2. The lowest BCUT2D eigenvalue weighted by molar-refractivity contribution is 0.447. The third kappa shape index (κ3) is 3.63. The lowest BCUT2D eigenvalue weighted by Crippen LogP contribution is -2.30. The number of benzene rings is 1. The van der Waals surface area contributed by atoms with Crippen LogP contribution in [0.15, 0.2) is 24.3 Å². The molecule has 2 rings (SSSR count). The van der Waals surface area contributed by atoms with Crippen molar-refractivity contribution < 1.29 is 8.42 Å². The van der Waals surface area contributed by atoms with E-state index in [4.69, 9.17) is 0 Å². The standard InChI is InChI=1S/C15H23N3O2S/c1-12(2)9-10-21(19,20)17(3)11-15-16-13-7-5-6-8-14(13)18(15)4/h5-8,12H,9-11H2,1-4H3. The quantitative estimate of drug-likeness (QED) is 0.823. The number of hydrogen-bond donors (Lipinski definition) is 0. The highest BCUT2D eigenvalue weighted by Gasteiger charge is 2.20. The Bertz CT molecular complexity index is 720. The first kappa shape index (κ1) is 16.0. The van der Waals surface area contributed by atoms with E-state index in [1.807, 2.05) is 49.7 Å². The van der Waals surface area contributed by atoms with Crippen LogP contribution in [0.25, 0.3) is 11.0 Å². The van der Waals surface area contributed by atoms with E-state index >= 15 is 0 Å². The van der Waals surface area contributed by atoms with Crippen LogP contribution in [0, 0.1) is 5.92 Å². The van der Waals surface area contributed by atoms with E-state index in [9.17, 15) is 8.42 Å². The number of hydrogen-bond acceptors (Lipinski definition) is 3. The molecule has 0 unspecified atom stereocenters. The Labute approximate surface area is 126 Å². The smallest absolute Gasteiger partial charge is 0.214 e. The molecular weight excluding hydrogens is 286 g/mol. The second-order valence-electron chi connectivity index (χ2n) is 5.83. The van der Waals surface area contributed by atoms with Crippen molar-refractivity contribution in [2.45, 2.75) is 26.8 Å². The van der Waals surface area contributed by atoms with Crippen molar-refractivity contribution in [2.75, 3.05) is 12.8 Å². The molecule has 6 heteroatoms. The van der Waals surface area contributed by atoms with Gasteiger partial charge in [0, 0.05) is 14.1 Å². The molecule has 0 N–H and O–H groups in total. The highest BCUT2D eigenvalue weighted by Crippen LogP contribution is 2.16. The van der Waals surface area contributed by atoms with Gasteiger partial charge in [-0.05, 0) is 24.5 Å². The molecule has 0 bridgehead atoms. The molecule has 0 fully saturated rings. The predicted octanol–water partition coefficient (Wildman–Crippen LogP) is 2.38. The second kappa shape index (κ2) is 6.15. The third-order valence-electron chi connectivity index (χ3n) is 3.67. The molecular formula is C15H23N3O2S. The Balaban J connectivity index is 2.17. The molecule has 0 aliphatic rings. The van der Waals surface area contributed by atoms with Gasteiger partial charge >= 0.3 is 0 Å². The van der Waals surface area contributed by atoms with E-state index in [2.05, 4.69) is 4.98 Å². The third-order valence-corrected chi connectivity index (χ3v) is 5.50. The van der Waals surface area contributed by atoms with E-state index in [-0.39, 0.29) is 5.75 Å². The zero-order chi connectivity index (χ0) is 15.6. The molecule has 116 valence electrons. The Kier molecular flexibility index (Phi) is 4.68. The fraction of sp³-hybridized carbons (Fsp3) is 0.533. The van der Waals surface area contributed by atoms with Crippen molar-refractivity contribution in [2.24, 2.45) is 13.0 Å². The average molecular weight is 309 g/mol. The summed E-state index contributed by atoms with van der Waals surface area (Å²) in [6.45, 7) is 4.35. The summed E-state index contributed by atoms with van der Waals surface area (Å²) in [5, 5.41) is 0. The average Bonchev–Trinajstić information content (AvgIpc) is 2.74. The van der Waals surface area contributed by atoms with Gasteiger partial charge in [0.1, 0.15) is 5.82 Å². The van der Waals surface area contributed by atoms with Gasteiger partial charge < -0.3 is 4.57 Å². The van der Waals surface area contributed by atoms with Crippen molar-refractivity contribution in [3.63, 3.8) is 0 Å². The van der Waals surface area contributed by atoms with E-state index < -0.39 is 10.0 Å². The molecule has 21 heavy (non-hydrogen) atoms. The summed E-state index contributed by atoms with van der Waals surface area (Å²) in [6, 6.07) is 7.81. The Morgan fingerprint density at radius 1 is 1.29 bits per heavy atom. The van der Waals surface area contributed by atoms with E-state index in [0.29, 0.717) is 18.9 Å². The molecule has 1 aromatic heterocycles. The first-order chi connectivity index (χ1) is 9.81. The van der Waals surface area contributed by atoms with Crippen molar-refractivity contribution in [1.82, 2.24) is 13.9 Å². The fourth-order valence-corrected chi connectivity index (χ4v) is 3.57. The highest BCUT2D eigenvalue weighted by molar-refractivity contribution is 7.89. The topological polar surface area (TPSA) is 55.2 Å². The van der Waals surface area contributed by atoms with Gasteiger partial charge in [-0.15, -0.1) is 0 Å². The summed E-state index contributed by atoms with van der Waals surface area (Å²) < 4.78 is 27.9. The lowest BCUT2D eigenvalue weighted by Gasteiger charge is -2.17. The molecule has 2 aromatic rings. The monoisotopic (exact) mass is 309 g/mol. The van der Waals surface area contributed by atoms with E-state index in [1.54, 1.807) is 7.05 Å². The molecule has 1 aromatic carbocycles. The molecule has 0 saturated carbocycles. The summed E-state index contributed by atoms with van der Waals surface area (Å²) >= 11 is 0. The summed E-state index contributed by atoms with van der Waals surface area (Å²) in [5.41, 5.74) is 1.91. The van der Waals surface area contributed by atoms with Crippen LogP contribution in [-0.2, 0) is 23.6 Å². The van der Waals surface area contributed by atoms with Gasteiger partial charge in [0.2, 0.25) is 10.0 Å². The van der Waals surface area contributed by atoms with Crippen molar-refractivity contribution in [1.29, 1.82) is 0 Å². The van der Waals surface area contributed by atoms with Crippen LogP contribution in [-0.4, -0.2) is 35.1 Å². The number of rotatable bonds is 6. The summed E-state index contributed by atoms with van der Waals surface area (Å²) in [6.07, 6.45) is 0.676. The Hall–Kier alpha value is -1.40. The maximum absolute atomic E-state index is 12.3. The normalized spacial score (nSPS) is 12.7. The number of sulfonamides is 1. The van der Waals surface area contributed by atoms with Gasteiger partial charge in [0.05, 0.1) is 23.3 Å². The minimum atomic E-state index is -3.23. The lowest BCUT2D eigenvalue weighted by atomic mass is 10.2. The molecule has 0 amide bonds. The molecule has 0 radical (unpaired) electrons. The molecule has 0 spiro atoms. The molecule has 0 aliphatic carbocycles. The Morgan fingerprint density at radius 2 is 1.95 bits per heavy atom. The van der Waals surface area contributed by atoms with Crippen LogP contribution in [0.3, 0.4) is 0 Å². The minimum Gasteiger partial charge on any atom is -0.330 e. The van der Waals surface area contributed by atoms with Gasteiger partial charge in [-0.2, -0.15) is 4.31 Å². The summed E-state index contributed by atoms with van der Waals surface area (Å²) in [5.74, 6) is 1.32. The van der Waals surface area contributed by atoms with Crippen LogP contribution in [0.2, 0.25) is 0 Å². The first-order valence-electron chi connectivity index (χ1n) is 7.15. The van der Waals surface area contributed by atoms with Gasteiger partial charge in [-0.25, -0.2) is 13.4 Å². The number of imidazole rings is 1. The molecule has 5 nitrogen and oxygen atoms in total. The fourth-order valence-electron chi connectivity index (χ4n) is 2.17. The van der Waals surface area contributed by atoms with E-state index in [1.165, 1.54) is 4.31 Å². The van der Waals surface area contributed by atoms with Crippen LogP contribution < -0.4 is 0 Å². The number of nitrogens with zero attached hydrogens (tertiary/aromatic N) is 3. The highest BCUT2D eigenvalue weighted by atomic mass is 32.2. The maximum atomic E-state index is 12.3. The van der Waals surface area contributed by atoms with Gasteiger partial charge in [-0.3, -0.25) is 0 Å². The zero-order valence-corrected chi connectivity index (χ0v) is 13.9. The number of para-hydroxylation sites is 2. The molecule has 0 atom stereocenters. The number of fused-ring (bicyclic) bond motifs is 1. The van der Waals surface area contributed by atoms with Gasteiger partial charge in [0.25, 0.3) is 0 Å². The van der Waals surface area contributed by atoms with Crippen LogP contribution in [0.5, 0.6) is 0 Å². The first-order valence-corrected chi connectivity index (χ1v) is 8.76. The summed E-state index contributed by atoms with van der Waals surface area (Å²) in [4.78, 5) is 4.52. The van der Waals surface area contributed by atoms with Gasteiger partial charge in [-0.1, -0.05) is 26.0 Å². The summed E-state index contributed by atoms with van der Waals surface area (Å²) in [7, 11) is 0.308. The second-order valence-corrected chi connectivity index (χ2v) is 8.03. The zero-order valence-electron chi connectivity index (χ0n) is 13.1. The van der Waals surface area contributed by atoms with Crippen molar-refractivity contribution in [3.05, 3.63) is 30.1 Å². The molecule has 0 saturated heterocycles. The number of aryl methyl sites for hydroxylation is 1. The largest absolute Gasteiger partial charge is 0.330 e. The van der Waals surface area contributed by atoms with Crippen molar-refractivity contribution in [3.8, 4) is 0 Å². The SMILES string of the molecule is CC(C)CCS(=O)(=O)N(C)Cc1nc2ccccc2n1C. The molecule has 0 aliphatic heterocycles. The van der Waals surface area contributed by atoms with Crippen LogP contribution >= 0.6 is 0 Å². The predicted molar refractivity (Wildman–Crippen MR) is 85.4 cm³/mol. The minimum absolute atomic E-state index is 0.186.